The van der Waals surface area contributed by atoms with Gasteiger partial charge in [-0.1, -0.05) is 35.3 Å². The Labute approximate surface area is 143 Å². The highest BCUT2D eigenvalue weighted by Gasteiger charge is 2.24. The topological polar surface area (TPSA) is 58.2 Å². The molecule has 2 N–H and O–H groups in total. The number of hydrogen-bond acceptors (Lipinski definition) is 2. The van der Waals surface area contributed by atoms with E-state index < -0.39 is 0 Å². The Balaban J connectivity index is 1.76. The highest BCUT2D eigenvalue weighted by molar-refractivity contribution is 6.44. The number of rotatable bonds is 4. The fourth-order valence-corrected chi connectivity index (χ4v) is 2.44. The predicted molar refractivity (Wildman–Crippen MR) is 91.3 cm³/mol. The molecule has 0 bridgehead atoms. The van der Waals surface area contributed by atoms with Gasteiger partial charge in [0.1, 0.15) is 0 Å². The van der Waals surface area contributed by atoms with E-state index in [9.17, 15) is 9.59 Å². The van der Waals surface area contributed by atoms with Crippen LogP contribution in [0, 0.1) is 0 Å². The summed E-state index contributed by atoms with van der Waals surface area (Å²) in [6.45, 7) is 0. The molecule has 0 spiro atoms. The van der Waals surface area contributed by atoms with Crippen molar-refractivity contribution in [1.82, 2.24) is 5.32 Å². The average Bonchev–Trinajstić information content (AvgIpc) is 3.36. The molecule has 1 fully saturated rings. The van der Waals surface area contributed by atoms with Crippen molar-refractivity contribution >= 4 is 40.7 Å². The Morgan fingerprint density at radius 3 is 2.30 bits per heavy atom. The molecule has 1 aliphatic rings. The minimum absolute atomic E-state index is 0.164. The van der Waals surface area contributed by atoms with Crippen LogP contribution in [0.15, 0.2) is 42.5 Å². The fraction of sp³-hybridized carbons (Fsp3) is 0.176. The lowest BCUT2D eigenvalue weighted by molar-refractivity contribution is 0.0951. The molecule has 4 nitrogen and oxygen atoms in total. The van der Waals surface area contributed by atoms with Crippen LogP contribution in [0.3, 0.4) is 0 Å². The Morgan fingerprint density at radius 1 is 0.957 bits per heavy atom. The van der Waals surface area contributed by atoms with Gasteiger partial charge in [0.05, 0.1) is 15.7 Å². The van der Waals surface area contributed by atoms with Crippen LogP contribution in [0.4, 0.5) is 5.69 Å². The number of halogens is 2. The zero-order valence-electron chi connectivity index (χ0n) is 12.1. The van der Waals surface area contributed by atoms with E-state index in [1.807, 2.05) is 0 Å². The zero-order valence-corrected chi connectivity index (χ0v) is 13.6. The molecule has 118 valence electrons. The maximum Gasteiger partial charge on any atom is 0.255 e. The standard InChI is InChI=1S/C17H14Cl2N2O2/c18-13-5-2-6-14(15(13)19)21-17(23)11-4-1-3-10(9-11)16(22)20-12-7-8-12/h1-6,9,12H,7-8H2,(H,20,22)(H,21,23). The molecule has 1 aliphatic carbocycles. The van der Waals surface area contributed by atoms with Crippen molar-refractivity contribution in [3.8, 4) is 0 Å². The molecule has 2 aromatic carbocycles. The maximum absolute atomic E-state index is 12.3. The Hall–Kier alpha value is -2.04. The van der Waals surface area contributed by atoms with Crippen LogP contribution in [0.2, 0.25) is 10.0 Å². The van der Waals surface area contributed by atoms with Crippen LogP contribution in [0.5, 0.6) is 0 Å². The van der Waals surface area contributed by atoms with Crippen molar-refractivity contribution in [2.24, 2.45) is 0 Å². The lowest BCUT2D eigenvalue weighted by atomic mass is 10.1. The van der Waals surface area contributed by atoms with Gasteiger partial charge in [0, 0.05) is 17.2 Å². The van der Waals surface area contributed by atoms with Gasteiger partial charge in [-0.3, -0.25) is 9.59 Å². The molecular formula is C17H14Cl2N2O2. The van der Waals surface area contributed by atoms with Gasteiger partial charge in [0.15, 0.2) is 0 Å². The SMILES string of the molecule is O=C(Nc1cccc(Cl)c1Cl)c1cccc(C(=O)NC2CC2)c1. The highest BCUT2D eigenvalue weighted by atomic mass is 35.5. The van der Waals surface area contributed by atoms with E-state index in [0.717, 1.165) is 12.8 Å². The van der Waals surface area contributed by atoms with Crippen LogP contribution in [0.25, 0.3) is 0 Å². The van der Waals surface area contributed by atoms with Crippen LogP contribution < -0.4 is 10.6 Å². The van der Waals surface area contributed by atoms with Gasteiger partial charge in [-0.25, -0.2) is 0 Å². The van der Waals surface area contributed by atoms with Gasteiger partial charge >= 0.3 is 0 Å². The number of carbonyl (C=O) groups is 2. The lowest BCUT2D eigenvalue weighted by Gasteiger charge is -2.09. The summed E-state index contributed by atoms with van der Waals surface area (Å²) < 4.78 is 0. The summed E-state index contributed by atoms with van der Waals surface area (Å²) in [5, 5.41) is 6.24. The monoisotopic (exact) mass is 348 g/mol. The third-order valence-corrected chi connectivity index (χ3v) is 4.32. The van der Waals surface area contributed by atoms with Crippen molar-refractivity contribution in [1.29, 1.82) is 0 Å². The van der Waals surface area contributed by atoms with Gasteiger partial charge in [0.25, 0.3) is 11.8 Å². The Kier molecular flexibility index (Phi) is 4.55. The first-order chi connectivity index (χ1) is 11.0. The van der Waals surface area contributed by atoms with E-state index in [-0.39, 0.29) is 22.9 Å². The minimum Gasteiger partial charge on any atom is -0.349 e. The largest absolute Gasteiger partial charge is 0.349 e. The molecule has 0 aromatic heterocycles. The van der Waals surface area contributed by atoms with Crippen LogP contribution in [-0.2, 0) is 0 Å². The molecule has 0 atom stereocenters. The van der Waals surface area contributed by atoms with Gasteiger partial charge in [-0.15, -0.1) is 0 Å². The first-order valence-electron chi connectivity index (χ1n) is 7.21. The van der Waals surface area contributed by atoms with Gasteiger partial charge in [0.2, 0.25) is 0 Å². The third kappa shape index (κ3) is 3.84. The normalized spacial score (nSPS) is 13.5. The second kappa shape index (κ2) is 6.60. The predicted octanol–water partition coefficient (Wildman–Crippen LogP) is 4.14. The number of hydrogen-bond donors (Lipinski definition) is 2. The molecule has 0 heterocycles. The quantitative estimate of drug-likeness (QED) is 0.872. The van der Waals surface area contributed by atoms with Crippen LogP contribution in [0.1, 0.15) is 33.6 Å². The zero-order chi connectivity index (χ0) is 16.4. The van der Waals surface area contributed by atoms with Crippen molar-refractivity contribution < 1.29 is 9.59 Å². The molecule has 1 saturated carbocycles. The summed E-state index contributed by atoms with van der Waals surface area (Å²) in [4.78, 5) is 24.4. The van der Waals surface area contributed by atoms with Gasteiger partial charge < -0.3 is 10.6 Å². The van der Waals surface area contributed by atoms with E-state index in [0.29, 0.717) is 21.8 Å². The Bertz CT molecular complexity index is 773. The molecule has 0 saturated heterocycles. The van der Waals surface area contributed by atoms with E-state index in [1.54, 1.807) is 42.5 Å². The molecule has 3 rings (SSSR count). The second-order valence-electron chi connectivity index (χ2n) is 5.38. The molecule has 0 radical (unpaired) electrons. The summed E-state index contributed by atoms with van der Waals surface area (Å²) in [5.74, 6) is -0.516. The smallest absolute Gasteiger partial charge is 0.255 e. The lowest BCUT2D eigenvalue weighted by Crippen LogP contribution is -2.25. The summed E-state index contributed by atoms with van der Waals surface area (Å²) in [7, 11) is 0. The van der Waals surface area contributed by atoms with Crippen molar-refractivity contribution in [3.63, 3.8) is 0 Å². The minimum atomic E-state index is -0.352. The summed E-state index contributed by atoms with van der Waals surface area (Å²) in [5.41, 5.74) is 1.27. The number of benzene rings is 2. The molecule has 2 aromatic rings. The van der Waals surface area contributed by atoms with E-state index in [4.69, 9.17) is 23.2 Å². The van der Waals surface area contributed by atoms with Crippen molar-refractivity contribution in [3.05, 3.63) is 63.6 Å². The van der Waals surface area contributed by atoms with Crippen molar-refractivity contribution in [2.45, 2.75) is 18.9 Å². The van der Waals surface area contributed by atoms with Gasteiger partial charge in [-0.05, 0) is 43.2 Å². The average molecular weight is 349 g/mol. The number of nitrogens with one attached hydrogen (secondary N) is 2. The molecule has 0 unspecified atom stereocenters. The van der Waals surface area contributed by atoms with Gasteiger partial charge in [-0.2, -0.15) is 0 Å². The molecule has 0 aliphatic heterocycles. The van der Waals surface area contributed by atoms with Crippen molar-refractivity contribution in [2.75, 3.05) is 5.32 Å². The van der Waals surface area contributed by atoms with Crippen LogP contribution >= 0.6 is 23.2 Å². The first kappa shape index (κ1) is 15.8. The molecule has 6 heteroatoms. The van der Waals surface area contributed by atoms with E-state index >= 15 is 0 Å². The number of amides is 2. The Morgan fingerprint density at radius 2 is 1.61 bits per heavy atom. The molecule has 23 heavy (non-hydrogen) atoms. The number of carbonyl (C=O) groups excluding carboxylic acids is 2. The second-order valence-corrected chi connectivity index (χ2v) is 6.17. The van der Waals surface area contributed by atoms with E-state index in [1.165, 1.54) is 0 Å². The molecule has 2 amide bonds. The summed E-state index contributed by atoms with van der Waals surface area (Å²) >= 11 is 12.0. The summed E-state index contributed by atoms with van der Waals surface area (Å²) in [6, 6.07) is 11.8. The highest BCUT2D eigenvalue weighted by Crippen LogP contribution is 2.29. The fourth-order valence-electron chi connectivity index (χ4n) is 2.09. The number of anilines is 1. The maximum atomic E-state index is 12.3. The first-order valence-corrected chi connectivity index (χ1v) is 7.96. The summed E-state index contributed by atoms with van der Waals surface area (Å²) in [6.07, 6.45) is 2.03. The van der Waals surface area contributed by atoms with Crippen LogP contribution in [-0.4, -0.2) is 17.9 Å². The van der Waals surface area contributed by atoms with E-state index in [2.05, 4.69) is 10.6 Å². The third-order valence-electron chi connectivity index (χ3n) is 3.50. The molecular weight excluding hydrogens is 335 g/mol.